The Bertz CT molecular complexity index is 1340. The monoisotopic (exact) mass is 586 g/mol. The van der Waals surface area contributed by atoms with Crippen molar-refractivity contribution in [1.82, 2.24) is 5.43 Å². The highest BCUT2D eigenvalue weighted by Gasteiger charge is 2.14. The zero-order chi connectivity index (χ0) is 26.9. The van der Waals surface area contributed by atoms with Crippen LogP contribution in [0.25, 0.3) is 0 Å². The summed E-state index contributed by atoms with van der Waals surface area (Å²) in [5.41, 5.74) is 5.68. The Morgan fingerprint density at radius 3 is 2.38 bits per heavy atom. The van der Waals surface area contributed by atoms with Gasteiger partial charge in [-0.15, -0.1) is 0 Å². The molecule has 3 amide bonds. The number of nitrogens with one attached hydrogen (secondary N) is 3. The van der Waals surface area contributed by atoms with Gasteiger partial charge in [-0.3, -0.25) is 14.4 Å². The molecule has 0 aromatic heterocycles. The molecule has 3 aromatic carbocycles. The van der Waals surface area contributed by atoms with Gasteiger partial charge in [0.05, 0.1) is 13.3 Å². The smallest absolute Gasteiger partial charge is 0.329 e. The largest absolute Gasteiger partial charge is 0.493 e. The van der Waals surface area contributed by atoms with Crippen LogP contribution in [-0.4, -0.2) is 37.7 Å². The molecule has 11 heteroatoms. The summed E-state index contributed by atoms with van der Waals surface area (Å²) in [5, 5.41) is 9.51. The summed E-state index contributed by atoms with van der Waals surface area (Å²) in [7, 11) is 1.46. The molecule has 9 nitrogen and oxygen atoms in total. The van der Waals surface area contributed by atoms with E-state index in [-0.39, 0.29) is 12.5 Å². The molecule has 0 aliphatic heterocycles. The maximum Gasteiger partial charge on any atom is 0.329 e. The van der Waals surface area contributed by atoms with Gasteiger partial charge in [-0.1, -0.05) is 33.6 Å². The predicted octanol–water partition coefficient (Wildman–Crippen LogP) is 4.83. The number of hydrazone groups is 1. The van der Waals surface area contributed by atoms with Gasteiger partial charge in [0.25, 0.3) is 5.91 Å². The highest BCUT2D eigenvalue weighted by atomic mass is 79.9. The zero-order valence-electron chi connectivity index (χ0n) is 20.2. The molecule has 0 radical (unpaired) electrons. The van der Waals surface area contributed by atoms with E-state index >= 15 is 0 Å². The van der Waals surface area contributed by atoms with Crippen LogP contribution in [0.4, 0.5) is 11.4 Å². The number of methoxy groups -OCH3 is 1. The van der Waals surface area contributed by atoms with Gasteiger partial charge in [-0.05, 0) is 79.1 Å². The van der Waals surface area contributed by atoms with Gasteiger partial charge >= 0.3 is 11.8 Å². The molecule has 0 atom stereocenters. The fourth-order valence-electron chi connectivity index (χ4n) is 3.28. The molecule has 0 aliphatic rings. The quantitative estimate of drug-likeness (QED) is 0.198. The van der Waals surface area contributed by atoms with E-state index in [0.29, 0.717) is 27.8 Å². The number of carbonyl (C=O) groups is 3. The molecular formula is C26H24BrClN4O5. The molecule has 0 aliphatic carbocycles. The van der Waals surface area contributed by atoms with Gasteiger partial charge in [0.15, 0.2) is 18.1 Å². The third-order valence-corrected chi connectivity index (χ3v) is 5.67. The lowest BCUT2D eigenvalue weighted by Gasteiger charge is -2.14. The summed E-state index contributed by atoms with van der Waals surface area (Å²) in [6.07, 6.45) is 1.34. The second-order valence-electron chi connectivity index (χ2n) is 7.83. The molecule has 0 unspecified atom stereocenters. The average Bonchev–Trinajstić information content (AvgIpc) is 2.85. The lowest BCUT2D eigenvalue weighted by Crippen LogP contribution is -2.32. The summed E-state index contributed by atoms with van der Waals surface area (Å²) in [6.45, 7) is 3.59. The summed E-state index contributed by atoms with van der Waals surface area (Å²) in [6, 6.07) is 15.1. The molecule has 3 N–H and O–H groups in total. The van der Waals surface area contributed by atoms with Crippen LogP contribution in [-0.2, 0) is 14.4 Å². The predicted molar refractivity (Wildman–Crippen MR) is 147 cm³/mol. The van der Waals surface area contributed by atoms with Gasteiger partial charge in [0.1, 0.15) is 0 Å². The Kier molecular flexibility index (Phi) is 9.64. The second-order valence-corrected chi connectivity index (χ2v) is 9.18. The van der Waals surface area contributed by atoms with E-state index in [1.807, 2.05) is 26.0 Å². The molecule has 0 fully saturated rings. The van der Waals surface area contributed by atoms with Crippen LogP contribution in [0.3, 0.4) is 0 Å². The minimum Gasteiger partial charge on any atom is -0.493 e. The molecule has 3 rings (SSSR count). The fourth-order valence-corrected chi connectivity index (χ4v) is 4.16. The van der Waals surface area contributed by atoms with Gasteiger partial charge in [-0.2, -0.15) is 5.10 Å². The number of anilines is 2. The molecule has 37 heavy (non-hydrogen) atoms. The van der Waals surface area contributed by atoms with Crippen molar-refractivity contribution in [2.75, 3.05) is 24.4 Å². The molecule has 0 spiro atoms. The van der Waals surface area contributed by atoms with E-state index in [1.165, 1.54) is 19.4 Å². The SMILES string of the molecule is COc1cc(/C=N\NC(=O)C(=O)Nc2cccc(Cl)c2)ccc1OCC(=O)Nc1c(C)cc(Br)cc1C. The summed E-state index contributed by atoms with van der Waals surface area (Å²) in [5.74, 6) is -1.46. The summed E-state index contributed by atoms with van der Waals surface area (Å²) in [4.78, 5) is 36.4. The Balaban J connectivity index is 1.55. The van der Waals surface area contributed by atoms with Crippen LogP contribution < -0.4 is 25.5 Å². The number of hydrogen-bond acceptors (Lipinski definition) is 6. The van der Waals surface area contributed by atoms with Crippen LogP contribution in [0.2, 0.25) is 5.02 Å². The topological polar surface area (TPSA) is 118 Å². The number of rotatable bonds is 8. The molecule has 0 saturated heterocycles. The van der Waals surface area contributed by atoms with Crippen molar-refractivity contribution in [2.24, 2.45) is 5.10 Å². The first-order valence-electron chi connectivity index (χ1n) is 10.9. The van der Waals surface area contributed by atoms with E-state index < -0.39 is 11.8 Å². The van der Waals surface area contributed by atoms with Crippen molar-refractivity contribution in [3.05, 3.63) is 80.8 Å². The van der Waals surface area contributed by atoms with Crippen LogP contribution in [0.1, 0.15) is 16.7 Å². The Morgan fingerprint density at radius 1 is 0.973 bits per heavy atom. The normalized spacial score (nSPS) is 10.6. The summed E-state index contributed by atoms with van der Waals surface area (Å²) < 4.78 is 11.9. The number of halogens is 2. The average molecular weight is 588 g/mol. The van der Waals surface area contributed by atoms with E-state index in [0.717, 1.165) is 21.3 Å². The maximum absolute atomic E-state index is 12.4. The minimum absolute atomic E-state index is 0.226. The Hall–Kier alpha value is -3.89. The molecule has 0 saturated carbocycles. The lowest BCUT2D eigenvalue weighted by molar-refractivity contribution is -0.136. The fraction of sp³-hybridized carbons (Fsp3) is 0.154. The van der Waals surface area contributed by atoms with Gasteiger partial charge in [-0.25, -0.2) is 5.43 Å². The van der Waals surface area contributed by atoms with Crippen molar-refractivity contribution >= 4 is 62.8 Å². The number of benzene rings is 3. The third kappa shape index (κ3) is 8.06. The Morgan fingerprint density at radius 2 is 1.70 bits per heavy atom. The number of hydrogen-bond donors (Lipinski definition) is 3. The first-order chi connectivity index (χ1) is 17.7. The van der Waals surface area contributed by atoms with Crippen LogP contribution >= 0.6 is 27.5 Å². The molecule has 0 heterocycles. The van der Waals surface area contributed by atoms with E-state index in [2.05, 4.69) is 37.1 Å². The summed E-state index contributed by atoms with van der Waals surface area (Å²) >= 11 is 9.30. The lowest BCUT2D eigenvalue weighted by atomic mass is 10.1. The van der Waals surface area contributed by atoms with Crippen molar-refractivity contribution in [1.29, 1.82) is 0 Å². The third-order valence-electron chi connectivity index (χ3n) is 4.98. The van der Waals surface area contributed by atoms with Crippen molar-refractivity contribution in [3.63, 3.8) is 0 Å². The number of ether oxygens (including phenoxy) is 2. The number of amides is 3. The van der Waals surface area contributed by atoms with Crippen LogP contribution in [0.5, 0.6) is 11.5 Å². The zero-order valence-corrected chi connectivity index (χ0v) is 22.6. The Labute approximate surface area is 227 Å². The molecular weight excluding hydrogens is 564 g/mol. The van der Waals surface area contributed by atoms with Crippen molar-refractivity contribution in [3.8, 4) is 11.5 Å². The highest BCUT2D eigenvalue weighted by molar-refractivity contribution is 9.10. The van der Waals surface area contributed by atoms with Crippen LogP contribution in [0.15, 0.2) is 64.2 Å². The first-order valence-corrected chi connectivity index (χ1v) is 12.1. The number of carbonyl (C=O) groups excluding carboxylic acids is 3. The maximum atomic E-state index is 12.4. The van der Waals surface area contributed by atoms with Crippen molar-refractivity contribution in [2.45, 2.75) is 13.8 Å². The highest BCUT2D eigenvalue weighted by Crippen LogP contribution is 2.28. The standard InChI is InChI=1S/C26H24BrClN4O5/c1-15-9-18(27)10-16(2)24(15)31-23(33)14-37-21-8-7-17(11-22(21)36-3)13-29-32-26(35)25(34)30-20-6-4-5-19(28)12-20/h4-13H,14H2,1-3H3,(H,30,34)(H,31,33)(H,32,35)/b29-13-. The number of aryl methyl sites for hydroxylation is 2. The van der Waals surface area contributed by atoms with Gasteiger partial charge in [0.2, 0.25) is 0 Å². The van der Waals surface area contributed by atoms with Gasteiger partial charge in [0, 0.05) is 20.9 Å². The van der Waals surface area contributed by atoms with E-state index in [4.69, 9.17) is 21.1 Å². The molecule has 192 valence electrons. The minimum atomic E-state index is -0.953. The molecule has 0 bridgehead atoms. The van der Waals surface area contributed by atoms with Gasteiger partial charge < -0.3 is 20.1 Å². The van der Waals surface area contributed by atoms with E-state index in [9.17, 15) is 14.4 Å². The molecule has 3 aromatic rings. The first kappa shape index (κ1) is 27.7. The van der Waals surface area contributed by atoms with E-state index in [1.54, 1.807) is 36.4 Å². The van der Waals surface area contributed by atoms with Crippen molar-refractivity contribution < 1.29 is 23.9 Å². The second kappa shape index (κ2) is 12.9. The number of nitrogens with zero attached hydrogens (tertiary/aromatic N) is 1. The van der Waals surface area contributed by atoms with Crippen LogP contribution in [0, 0.1) is 13.8 Å².